The molecule has 1 saturated heterocycles. The first-order chi connectivity index (χ1) is 9.54. The molecule has 1 unspecified atom stereocenters. The van der Waals surface area contributed by atoms with E-state index in [0.717, 1.165) is 12.8 Å². The smallest absolute Gasteiger partial charge is 0.227 e. The number of hydrogen-bond acceptors (Lipinski definition) is 2. The molecule has 1 atom stereocenters. The molecule has 0 spiro atoms. The average Bonchev–Trinajstić information content (AvgIpc) is 3.11. The summed E-state index contributed by atoms with van der Waals surface area (Å²) in [5.41, 5.74) is 0.614. The minimum absolute atomic E-state index is 0.0339. The molecular formula is C14H14Cl2N2O2. The normalized spacial score (nSPS) is 22.2. The van der Waals surface area contributed by atoms with Crippen LogP contribution >= 0.6 is 23.2 Å². The van der Waals surface area contributed by atoms with E-state index >= 15 is 0 Å². The number of carbonyl (C=O) groups excluding carboxylic acids is 2. The van der Waals surface area contributed by atoms with Gasteiger partial charge in [0.15, 0.2) is 0 Å². The Bertz CT molecular complexity index is 572. The van der Waals surface area contributed by atoms with Crippen LogP contribution in [0.15, 0.2) is 18.2 Å². The van der Waals surface area contributed by atoms with Gasteiger partial charge in [0.1, 0.15) is 0 Å². The van der Waals surface area contributed by atoms with Gasteiger partial charge < -0.3 is 10.2 Å². The van der Waals surface area contributed by atoms with Crippen LogP contribution in [0.5, 0.6) is 0 Å². The Hall–Kier alpha value is -1.26. The molecule has 0 bridgehead atoms. The van der Waals surface area contributed by atoms with Crippen molar-refractivity contribution in [2.75, 3.05) is 11.4 Å². The summed E-state index contributed by atoms with van der Waals surface area (Å²) >= 11 is 12.0. The summed E-state index contributed by atoms with van der Waals surface area (Å²) in [6.45, 7) is 0.374. The molecule has 106 valence electrons. The lowest BCUT2D eigenvalue weighted by atomic mass is 10.1. The molecule has 0 aromatic heterocycles. The third kappa shape index (κ3) is 2.76. The number of benzene rings is 1. The van der Waals surface area contributed by atoms with Gasteiger partial charge in [0.25, 0.3) is 0 Å². The van der Waals surface area contributed by atoms with Gasteiger partial charge in [-0.1, -0.05) is 23.2 Å². The number of amides is 2. The summed E-state index contributed by atoms with van der Waals surface area (Å²) in [5.74, 6) is -0.409. The molecule has 1 aliphatic heterocycles. The van der Waals surface area contributed by atoms with Gasteiger partial charge >= 0.3 is 0 Å². The summed E-state index contributed by atoms with van der Waals surface area (Å²) in [5, 5.41) is 3.89. The minimum atomic E-state index is -0.296. The van der Waals surface area contributed by atoms with E-state index in [1.54, 1.807) is 23.1 Å². The maximum absolute atomic E-state index is 12.1. The quantitative estimate of drug-likeness (QED) is 0.932. The second kappa shape index (κ2) is 5.26. The fourth-order valence-electron chi connectivity index (χ4n) is 2.36. The van der Waals surface area contributed by atoms with Crippen LogP contribution in [0.1, 0.15) is 19.3 Å². The first-order valence-electron chi connectivity index (χ1n) is 6.60. The van der Waals surface area contributed by atoms with Gasteiger partial charge in [-0.05, 0) is 31.0 Å². The van der Waals surface area contributed by atoms with E-state index in [2.05, 4.69) is 5.32 Å². The van der Waals surface area contributed by atoms with E-state index in [1.165, 1.54) is 0 Å². The summed E-state index contributed by atoms with van der Waals surface area (Å²) < 4.78 is 0. The summed E-state index contributed by atoms with van der Waals surface area (Å²) in [7, 11) is 0. The number of halogens is 2. The fraction of sp³-hybridized carbons (Fsp3) is 0.429. The lowest BCUT2D eigenvalue weighted by molar-refractivity contribution is -0.126. The average molecular weight is 313 g/mol. The van der Waals surface area contributed by atoms with Crippen molar-refractivity contribution in [1.82, 2.24) is 5.32 Å². The topological polar surface area (TPSA) is 49.4 Å². The molecule has 20 heavy (non-hydrogen) atoms. The zero-order chi connectivity index (χ0) is 14.3. The number of hydrogen-bond donors (Lipinski definition) is 1. The summed E-state index contributed by atoms with van der Waals surface area (Å²) in [6.07, 6.45) is 2.32. The van der Waals surface area contributed by atoms with Gasteiger partial charge in [0.2, 0.25) is 11.8 Å². The predicted octanol–water partition coefficient (Wildman–Crippen LogP) is 2.62. The second-order valence-electron chi connectivity index (χ2n) is 5.28. The third-order valence-corrected chi connectivity index (χ3v) is 4.16. The van der Waals surface area contributed by atoms with Crippen LogP contribution < -0.4 is 10.2 Å². The van der Waals surface area contributed by atoms with Gasteiger partial charge in [-0.3, -0.25) is 9.59 Å². The SMILES string of the molecule is O=C(NC1CC1)C1CC(=O)N(c2ccc(Cl)cc2Cl)C1. The highest BCUT2D eigenvalue weighted by Gasteiger charge is 2.37. The van der Waals surface area contributed by atoms with Crippen LogP contribution in [0.3, 0.4) is 0 Å². The number of carbonyl (C=O) groups is 2. The van der Waals surface area contributed by atoms with Crippen molar-refractivity contribution in [1.29, 1.82) is 0 Å². The Morgan fingerprint density at radius 1 is 1.30 bits per heavy atom. The number of nitrogens with one attached hydrogen (secondary N) is 1. The van der Waals surface area contributed by atoms with E-state index in [9.17, 15) is 9.59 Å². The first kappa shape index (κ1) is 13.7. The molecule has 1 aromatic rings. The zero-order valence-corrected chi connectivity index (χ0v) is 12.2. The molecule has 1 heterocycles. The third-order valence-electron chi connectivity index (χ3n) is 3.62. The highest BCUT2D eigenvalue weighted by molar-refractivity contribution is 6.36. The summed E-state index contributed by atoms with van der Waals surface area (Å²) in [4.78, 5) is 25.7. The van der Waals surface area contributed by atoms with E-state index in [-0.39, 0.29) is 24.2 Å². The van der Waals surface area contributed by atoms with Crippen LogP contribution in [0.4, 0.5) is 5.69 Å². The van der Waals surface area contributed by atoms with Crippen molar-refractivity contribution in [3.63, 3.8) is 0 Å². The molecule has 3 rings (SSSR count). The Labute approximate surface area is 127 Å². The lowest BCUT2D eigenvalue weighted by Crippen LogP contribution is -2.34. The van der Waals surface area contributed by atoms with Crippen molar-refractivity contribution in [3.8, 4) is 0 Å². The minimum Gasteiger partial charge on any atom is -0.353 e. The van der Waals surface area contributed by atoms with Crippen LogP contribution in [0.2, 0.25) is 10.0 Å². The molecule has 0 radical (unpaired) electrons. The van der Waals surface area contributed by atoms with Gasteiger partial charge in [0, 0.05) is 24.0 Å². The Morgan fingerprint density at radius 3 is 2.70 bits per heavy atom. The van der Waals surface area contributed by atoms with Crippen molar-refractivity contribution in [2.45, 2.75) is 25.3 Å². The van der Waals surface area contributed by atoms with Crippen LogP contribution in [-0.2, 0) is 9.59 Å². The number of rotatable bonds is 3. The lowest BCUT2D eigenvalue weighted by Gasteiger charge is -2.18. The number of nitrogens with zero attached hydrogens (tertiary/aromatic N) is 1. The van der Waals surface area contributed by atoms with E-state index in [1.807, 2.05) is 0 Å². The largest absolute Gasteiger partial charge is 0.353 e. The summed E-state index contributed by atoms with van der Waals surface area (Å²) in [6, 6.07) is 5.31. The van der Waals surface area contributed by atoms with Crippen molar-refractivity contribution < 1.29 is 9.59 Å². The molecule has 2 aliphatic rings. The predicted molar refractivity (Wildman–Crippen MR) is 78.1 cm³/mol. The molecular weight excluding hydrogens is 299 g/mol. The Kier molecular flexibility index (Phi) is 3.61. The van der Waals surface area contributed by atoms with Gasteiger partial charge in [-0.2, -0.15) is 0 Å². The van der Waals surface area contributed by atoms with Crippen molar-refractivity contribution in [3.05, 3.63) is 28.2 Å². The van der Waals surface area contributed by atoms with Crippen LogP contribution in [-0.4, -0.2) is 24.4 Å². The molecule has 6 heteroatoms. The van der Waals surface area contributed by atoms with Gasteiger partial charge in [0.05, 0.1) is 16.6 Å². The molecule has 2 fully saturated rings. The van der Waals surface area contributed by atoms with Crippen molar-refractivity contribution in [2.24, 2.45) is 5.92 Å². The first-order valence-corrected chi connectivity index (χ1v) is 7.36. The van der Waals surface area contributed by atoms with E-state index in [0.29, 0.717) is 28.3 Å². The highest BCUT2D eigenvalue weighted by atomic mass is 35.5. The second-order valence-corrected chi connectivity index (χ2v) is 6.13. The standard InChI is InChI=1S/C14H14Cl2N2O2/c15-9-1-4-12(11(16)6-9)18-7-8(5-13(18)19)14(20)17-10-2-3-10/h1,4,6,8,10H,2-3,5,7H2,(H,17,20). The molecule has 1 N–H and O–H groups in total. The van der Waals surface area contributed by atoms with Crippen LogP contribution in [0, 0.1) is 5.92 Å². The molecule has 1 saturated carbocycles. The highest BCUT2D eigenvalue weighted by Crippen LogP contribution is 2.33. The molecule has 4 nitrogen and oxygen atoms in total. The Morgan fingerprint density at radius 2 is 2.05 bits per heavy atom. The maximum atomic E-state index is 12.1. The zero-order valence-electron chi connectivity index (χ0n) is 10.7. The Balaban J connectivity index is 1.74. The number of anilines is 1. The van der Waals surface area contributed by atoms with Crippen LogP contribution in [0.25, 0.3) is 0 Å². The van der Waals surface area contributed by atoms with Gasteiger partial charge in [-0.15, -0.1) is 0 Å². The molecule has 1 aliphatic carbocycles. The fourth-order valence-corrected chi connectivity index (χ4v) is 2.87. The maximum Gasteiger partial charge on any atom is 0.227 e. The van der Waals surface area contributed by atoms with Gasteiger partial charge in [-0.25, -0.2) is 0 Å². The van der Waals surface area contributed by atoms with Crippen molar-refractivity contribution >= 4 is 40.7 Å². The monoisotopic (exact) mass is 312 g/mol. The molecule has 2 amide bonds. The molecule has 1 aromatic carbocycles. The van der Waals surface area contributed by atoms with E-state index in [4.69, 9.17) is 23.2 Å². The van der Waals surface area contributed by atoms with E-state index < -0.39 is 0 Å².